The average Bonchev–Trinajstić information content (AvgIpc) is 2.85. The van der Waals surface area contributed by atoms with Gasteiger partial charge in [0.15, 0.2) is 0 Å². The minimum absolute atomic E-state index is 0.0146. The van der Waals surface area contributed by atoms with Crippen molar-refractivity contribution < 1.29 is 4.79 Å². The van der Waals surface area contributed by atoms with Gasteiger partial charge in [-0.3, -0.25) is 4.79 Å². The maximum absolute atomic E-state index is 12.7. The van der Waals surface area contributed by atoms with E-state index in [2.05, 4.69) is 26.8 Å². The lowest BCUT2D eigenvalue weighted by Gasteiger charge is -2.25. The van der Waals surface area contributed by atoms with E-state index in [9.17, 15) is 4.79 Å². The Hall–Kier alpha value is -1.35. The number of nitrogens with two attached hydrogens (primary N) is 1. The Morgan fingerprint density at radius 2 is 2.05 bits per heavy atom. The summed E-state index contributed by atoms with van der Waals surface area (Å²) < 4.78 is 0. The number of hydrogen-bond acceptors (Lipinski definition) is 2. The number of carbonyl (C=O) groups excluding carboxylic acids is 1. The van der Waals surface area contributed by atoms with Gasteiger partial charge in [0.05, 0.1) is 0 Å². The minimum atomic E-state index is -0.0146. The lowest BCUT2D eigenvalue weighted by atomic mass is 9.83. The molecular formula is C16H24N2O. The van der Waals surface area contributed by atoms with Gasteiger partial charge >= 0.3 is 0 Å². The summed E-state index contributed by atoms with van der Waals surface area (Å²) in [6, 6.07) is 7.95. The normalized spacial score (nSPS) is 19.8. The molecule has 1 aromatic rings. The summed E-state index contributed by atoms with van der Waals surface area (Å²) in [6.07, 6.45) is 1.03. The Balaban J connectivity index is 2.25. The summed E-state index contributed by atoms with van der Waals surface area (Å²) in [5.74, 6) is 0.618. The second kappa shape index (κ2) is 5.33. The van der Waals surface area contributed by atoms with Gasteiger partial charge in [0.2, 0.25) is 0 Å². The predicted molar refractivity (Wildman–Crippen MR) is 78.2 cm³/mol. The number of likely N-dealkylation sites (tertiary alicyclic amines) is 1. The largest absolute Gasteiger partial charge is 0.338 e. The van der Waals surface area contributed by atoms with Crippen LogP contribution in [0.4, 0.5) is 0 Å². The molecule has 1 amide bonds. The van der Waals surface area contributed by atoms with E-state index in [4.69, 9.17) is 5.73 Å². The minimum Gasteiger partial charge on any atom is -0.338 e. The maximum atomic E-state index is 12.7. The first-order valence-corrected chi connectivity index (χ1v) is 7.02. The number of carbonyl (C=O) groups is 1. The van der Waals surface area contributed by atoms with Gasteiger partial charge in [-0.05, 0) is 35.9 Å². The molecule has 0 bridgehead atoms. The fraction of sp³-hybridized carbons (Fsp3) is 0.562. The van der Waals surface area contributed by atoms with Gasteiger partial charge in [0.1, 0.15) is 0 Å². The van der Waals surface area contributed by atoms with Gasteiger partial charge < -0.3 is 10.6 Å². The highest BCUT2D eigenvalue weighted by Crippen LogP contribution is 2.28. The highest BCUT2D eigenvalue weighted by molar-refractivity contribution is 5.96. The summed E-state index contributed by atoms with van der Waals surface area (Å²) in [4.78, 5) is 14.6. The van der Waals surface area contributed by atoms with Crippen LogP contribution in [-0.4, -0.2) is 30.4 Å². The predicted octanol–water partition coefficient (Wildman–Crippen LogP) is 2.40. The van der Waals surface area contributed by atoms with E-state index >= 15 is 0 Å². The topological polar surface area (TPSA) is 46.3 Å². The van der Waals surface area contributed by atoms with E-state index < -0.39 is 0 Å². The Bertz CT molecular complexity index is 462. The van der Waals surface area contributed by atoms with Crippen molar-refractivity contribution in [2.45, 2.75) is 32.6 Å². The molecule has 104 valence electrons. The van der Waals surface area contributed by atoms with Crippen molar-refractivity contribution in [1.82, 2.24) is 4.90 Å². The maximum Gasteiger partial charge on any atom is 0.254 e. The molecule has 1 aliphatic rings. The Labute approximate surface area is 115 Å². The van der Waals surface area contributed by atoms with Crippen molar-refractivity contribution >= 4 is 5.91 Å². The first-order valence-electron chi connectivity index (χ1n) is 7.02. The van der Waals surface area contributed by atoms with Crippen molar-refractivity contribution in [3.63, 3.8) is 0 Å². The summed E-state index contributed by atoms with van der Waals surface area (Å²) in [5, 5.41) is 0. The first-order chi connectivity index (χ1) is 8.93. The van der Waals surface area contributed by atoms with Crippen LogP contribution < -0.4 is 5.73 Å². The van der Waals surface area contributed by atoms with E-state index in [0.29, 0.717) is 12.5 Å². The molecule has 2 N–H and O–H groups in total. The number of benzene rings is 1. The van der Waals surface area contributed by atoms with Crippen molar-refractivity contribution in [3.8, 4) is 0 Å². The molecule has 1 aromatic carbocycles. The zero-order valence-electron chi connectivity index (χ0n) is 12.1. The average molecular weight is 260 g/mol. The van der Waals surface area contributed by atoms with Crippen LogP contribution in [0.15, 0.2) is 24.3 Å². The number of nitrogens with zero attached hydrogens (tertiary/aromatic N) is 1. The van der Waals surface area contributed by atoms with E-state index in [0.717, 1.165) is 30.6 Å². The lowest BCUT2D eigenvalue weighted by molar-refractivity contribution is 0.0785. The summed E-state index contributed by atoms with van der Waals surface area (Å²) in [7, 11) is 0. The highest BCUT2D eigenvalue weighted by atomic mass is 16.2. The molecule has 1 atom stereocenters. The zero-order valence-corrected chi connectivity index (χ0v) is 12.1. The quantitative estimate of drug-likeness (QED) is 0.887. The number of amides is 1. The number of rotatable bonds is 2. The van der Waals surface area contributed by atoms with Gasteiger partial charge in [-0.2, -0.15) is 0 Å². The fourth-order valence-electron chi connectivity index (χ4n) is 2.70. The molecule has 1 saturated heterocycles. The third kappa shape index (κ3) is 2.98. The van der Waals surface area contributed by atoms with E-state index in [-0.39, 0.29) is 11.3 Å². The van der Waals surface area contributed by atoms with Crippen LogP contribution >= 0.6 is 0 Å². The third-order valence-corrected chi connectivity index (χ3v) is 3.87. The van der Waals surface area contributed by atoms with Gasteiger partial charge in [0.25, 0.3) is 5.91 Å². The Morgan fingerprint density at radius 1 is 1.37 bits per heavy atom. The van der Waals surface area contributed by atoms with Crippen LogP contribution in [-0.2, 0) is 5.41 Å². The molecule has 1 fully saturated rings. The molecule has 1 heterocycles. The van der Waals surface area contributed by atoms with Crippen molar-refractivity contribution in [1.29, 1.82) is 0 Å². The molecule has 0 radical (unpaired) electrons. The van der Waals surface area contributed by atoms with Crippen LogP contribution in [0, 0.1) is 5.92 Å². The van der Waals surface area contributed by atoms with Gasteiger partial charge in [-0.25, -0.2) is 0 Å². The van der Waals surface area contributed by atoms with Crippen molar-refractivity contribution in [3.05, 3.63) is 35.4 Å². The SMILES string of the molecule is CC(C)(C)c1ccccc1C(=O)N1CCC(CN)C1. The lowest BCUT2D eigenvalue weighted by Crippen LogP contribution is -2.31. The second-order valence-electron chi connectivity index (χ2n) is 6.44. The van der Waals surface area contributed by atoms with E-state index in [1.165, 1.54) is 0 Å². The summed E-state index contributed by atoms with van der Waals surface area (Å²) >= 11 is 0. The first kappa shape index (κ1) is 14.1. The molecular weight excluding hydrogens is 236 g/mol. The Morgan fingerprint density at radius 3 is 2.63 bits per heavy atom. The zero-order chi connectivity index (χ0) is 14.0. The smallest absolute Gasteiger partial charge is 0.254 e. The fourth-order valence-corrected chi connectivity index (χ4v) is 2.70. The molecule has 3 heteroatoms. The molecule has 0 spiro atoms. The standard InChI is InChI=1S/C16H24N2O/c1-16(2,3)14-7-5-4-6-13(14)15(19)18-9-8-12(10-17)11-18/h4-7,12H,8-11,17H2,1-3H3. The van der Waals surface area contributed by atoms with Crippen molar-refractivity contribution in [2.75, 3.05) is 19.6 Å². The molecule has 1 aliphatic heterocycles. The number of hydrogen-bond donors (Lipinski definition) is 1. The van der Waals surface area contributed by atoms with Gasteiger partial charge in [-0.15, -0.1) is 0 Å². The van der Waals surface area contributed by atoms with Crippen LogP contribution in [0.1, 0.15) is 43.1 Å². The molecule has 2 rings (SSSR count). The molecule has 0 saturated carbocycles. The third-order valence-electron chi connectivity index (χ3n) is 3.87. The summed E-state index contributed by atoms with van der Waals surface area (Å²) in [6.45, 7) is 8.74. The molecule has 19 heavy (non-hydrogen) atoms. The highest BCUT2D eigenvalue weighted by Gasteiger charge is 2.29. The summed E-state index contributed by atoms with van der Waals surface area (Å²) in [5.41, 5.74) is 7.64. The van der Waals surface area contributed by atoms with E-state index in [1.54, 1.807) is 0 Å². The van der Waals surface area contributed by atoms with Crippen LogP contribution in [0.25, 0.3) is 0 Å². The Kier molecular flexibility index (Phi) is 3.95. The van der Waals surface area contributed by atoms with Crippen LogP contribution in [0.3, 0.4) is 0 Å². The van der Waals surface area contributed by atoms with Crippen LogP contribution in [0.5, 0.6) is 0 Å². The molecule has 0 aromatic heterocycles. The van der Waals surface area contributed by atoms with Gasteiger partial charge in [0, 0.05) is 18.7 Å². The molecule has 0 aliphatic carbocycles. The second-order valence-corrected chi connectivity index (χ2v) is 6.44. The molecule has 1 unspecified atom stereocenters. The monoisotopic (exact) mass is 260 g/mol. The van der Waals surface area contributed by atoms with Crippen LogP contribution in [0.2, 0.25) is 0 Å². The van der Waals surface area contributed by atoms with E-state index in [1.807, 2.05) is 23.1 Å². The van der Waals surface area contributed by atoms with Crippen molar-refractivity contribution in [2.24, 2.45) is 11.7 Å². The molecule has 3 nitrogen and oxygen atoms in total. The van der Waals surface area contributed by atoms with Gasteiger partial charge in [-0.1, -0.05) is 39.0 Å².